The molecular weight excluding hydrogens is 274 g/mol. The first-order chi connectivity index (χ1) is 9.95. The maximum Gasteiger partial charge on any atom is 0.338 e. The van der Waals surface area contributed by atoms with Gasteiger partial charge >= 0.3 is 5.97 Å². The van der Waals surface area contributed by atoms with Crippen LogP contribution in [0.5, 0.6) is 0 Å². The van der Waals surface area contributed by atoms with Gasteiger partial charge in [0.05, 0.1) is 10.5 Å². The molecular formula is C14H19N3O4. The van der Waals surface area contributed by atoms with Crippen molar-refractivity contribution in [1.82, 2.24) is 4.90 Å². The van der Waals surface area contributed by atoms with E-state index in [4.69, 9.17) is 0 Å². The largest absolute Gasteiger partial charge is 0.478 e. The quantitative estimate of drug-likeness (QED) is 0.673. The molecule has 0 saturated carbocycles. The third-order valence-electron chi connectivity index (χ3n) is 3.93. The van der Waals surface area contributed by atoms with E-state index in [1.165, 1.54) is 18.2 Å². The summed E-state index contributed by atoms with van der Waals surface area (Å²) in [5.74, 6) is -1.14. The molecule has 0 aliphatic carbocycles. The number of carboxylic acid groups (broad SMARTS) is 1. The van der Waals surface area contributed by atoms with Crippen molar-refractivity contribution >= 4 is 17.3 Å². The van der Waals surface area contributed by atoms with E-state index in [2.05, 4.69) is 11.8 Å². The van der Waals surface area contributed by atoms with Gasteiger partial charge in [0.2, 0.25) is 0 Å². The molecule has 21 heavy (non-hydrogen) atoms. The Kier molecular flexibility index (Phi) is 4.42. The number of carboxylic acids is 1. The van der Waals surface area contributed by atoms with Gasteiger partial charge in [0, 0.05) is 31.7 Å². The average Bonchev–Trinajstić information content (AvgIpc) is 2.46. The lowest BCUT2D eigenvalue weighted by Gasteiger charge is -2.40. The zero-order chi connectivity index (χ0) is 15.6. The molecule has 2 rings (SSSR count). The van der Waals surface area contributed by atoms with Crippen LogP contribution in [-0.2, 0) is 0 Å². The summed E-state index contributed by atoms with van der Waals surface area (Å²) in [7, 11) is 0. The maximum absolute atomic E-state index is 11.4. The molecule has 1 aromatic carbocycles. The SMILES string of the molecule is CCN1CCN(c2c(C(=O)O)cccc2[N+](=O)[O-])CC1C. The highest BCUT2D eigenvalue weighted by atomic mass is 16.6. The zero-order valence-electron chi connectivity index (χ0n) is 12.2. The molecule has 1 fully saturated rings. The highest BCUT2D eigenvalue weighted by Crippen LogP contribution is 2.33. The van der Waals surface area contributed by atoms with E-state index in [0.717, 1.165) is 13.1 Å². The Bertz CT molecular complexity index is 529. The first-order valence-corrected chi connectivity index (χ1v) is 6.95. The molecule has 1 aromatic rings. The van der Waals surface area contributed by atoms with E-state index in [0.29, 0.717) is 13.1 Å². The third kappa shape index (κ3) is 2.97. The number of rotatable bonds is 4. The normalized spacial score (nSPS) is 19.5. The number of hydrogen-bond donors (Lipinski definition) is 1. The number of carbonyl (C=O) groups is 1. The van der Waals surface area contributed by atoms with Crippen LogP contribution in [0.2, 0.25) is 0 Å². The van der Waals surface area contributed by atoms with E-state index in [9.17, 15) is 20.0 Å². The van der Waals surface area contributed by atoms with Gasteiger partial charge in [0.25, 0.3) is 5.69 Å². The standard InChI is InChI=1S/C14H19N3O4/c1-3-15-7-8-16(9-10(15)2)13-11(14(18)19)5-4-6-12(13)17(20)21/h4-6,10H,3,7-9H2,1-2H3,(H,18,19). The lowest BCUT2D eigenvalue weighted by Crippen LogP contribution is -2.52. The number of aromatic carboxylic acids is 1. The van der Waals surface area contributed by atoms with Crippen LogP contribution in [0.25, 0.3) is 0 Å². The number of likely N-dealkylation sites (N-methyl/N-ethyl adjacent to an activating group) is 1. The van der Waals surface area contributed by atoms with Crippen LogP contribution in [0, 0.1) is 10.1 Å². The zero-order valence-corrected chi connectivity index (χ0v) is 12.2. The number of nitro groups is 1. The lowest BCUT2D eigenvalue weighted by atomic mass is 10.1. The Hall–Kier alpha value is -2.15. The smallest absolute Gasteiger partial charge is 0.338 e. The molecule has 1 heterocycles. The molecule has 1 unspecified atom stereocenters. The Balaban J connectivity index is 2.42. The van der Waals surface area contributed by atoms with Crippen LogP contribution in [0.1, 0.15) is 24.2 Å². The summed E-state index contributed by atoms with van der Waals surface area (Å²) in [5, 5.41) is 20.5. The van der Waals surface area contributed by atoms with Gasteiger partial charge in [-0.25, -0.2) is 4.79 Å². The Morgan fingerprint density at radius 1 is 1.48 bits per heavy atom. The van der Waals surface area contributed by atoms with Gasteiger partial charge in [-0.2, -0.15) is 0 Å². The third-order valence-corrected chi connectivity index (χ3v) is 3.93. The highest BCUT2D eigenvalue weighted by Gasteiger charge is 2.30. The van der Waals surface area contributed by atoms with E-state index in [1.807, 2.05) is 11.8 Å². The molecule has 114 valence electrons. The van der Waals surface area contributed by atoms with Crippen molar-refractivity contribution in [1.29, 1.82) is 0 Å². The summed E-state index contributed by atoms with van der Waals surface area (Å²) in [6.07, 6.45) is 0. The number of piperazine rings is 1. The fourth-order valence-corrected chi connectivity index (χ4v) is 2.85. The van der Waals surface area contributed by atoms with Gasteiger partial charge in [0.1, 0.15) is 5.69 Å². The average molecular weight is 293 g/mol. The van der Waals surface area contributed by atoms with Crippen LogP contribution >= 0.6 is 0 Å². The van der Waals surface area contributed by atoms with Gasteiger partial charge in [-0.1, -0.05) is 13.0 Å². The van der Waals surface area contributed by atoms with Crippen LogP contribution < -0.4 is 4.90 Å². The number of benzene rings is 1. The summed E-state index contributed by atoms with van der Waals surface area (Å²) in [5.41, 5.74) is 0.0611. The molecule has 1 saturated heterocycles. The van der Waals surface area contributed by atoms with Crippen LogP contribution in [0.15, 0.2) is 18.2 Å². The fourth-order valence-electron chi connectivity index (χ4n) is 2.85. The molecule has 0 aromatic heterocycles. The van der Waals surface area contributed by atoms with Crippen LogP contribution in [0.4, 0.5) is 11.4 Å². The summed E-state index contributed by atoms with van der Waals surface area (Å²) < 4.78 is 0. The molecule has 7 nitrogen and oxygen atoms in total. The number of para-hydroxylation sites is 1. The van der Waals surface area contributed by atoms with E-state index in [-0.39, 0.29) is 23.0 Å². The van der Waals surface area contributed by atoms with Crippen molar-refractivity contribution in [2.75, 3.05) is 31.1 Å². The van der Waals surface area contributed by atoms with Gasteiger partial charge in [-0.05, 0) is 19.5 Å². The molecule has 0 bridgehead atoms. The maximum atomic E-state index is 11.4. The van der Waals surface area contributed by atoms with Gasteiger partial charge in [0.15, 0.2) is 0 Å². The summed E-state index contributed by atoms with van der Waals surface area (Å²) in [6, 6.07) is 4.42. The van der Waals surface area contributed by atoms with E-state index >= 15 is 0 Å². The number of nitro benzene ring substituents is 1. The van der Waals surface area contributed by atoms with Crippen molar-refractivity contribution in [2.45, 2.75) is 19.9 Å². The Labute approximate surface area is 122 Å². The second kappa shape index (κ2) is 6.09. The highest BCUT2D eigenvalue weighted by molar-refractivity contribution is 5.97. The minimum atomic E-state index is -1.14. The molecule has 1 aliphatic rings. The molecule has 0 amide bonds. The van der Waals surface area contributed by atoms with Crippen molar-refractivity contribution in [2.24, 2.45) is 0 Å². The number of nitrogens with zero attached hydrogens (tertiary/aromatic N) is 3. The molecule has 1 atom stereocenters. The molecule has 0 radical (unpaired) electrons. The Morgan fingerprint density at radius 3 is 2.71 bits per heavy atom. The van der Waals surface area contributed by atoms with Gasteiger partial charge in [-0.15, -0.1) is 0 Å². The minimum absolute atomic E-state index is 0.0126. The van der Waals surface area contributed by atoms with E-state index < -0.39 is 10.9 Å². The van der Waals surface area contributed by atoms with E-state index in [1.54, 1.807) is 0 Å². The second-order valence-corrected chi connectivity index (χ2v) is 5.16. The monoisotopic (exact) mass is 293 g/mol. The summed E-state index contributed by atoms with van der Waals surface area (Å²) in [4.78, 5) is 26.2. The van der Waals surface area contributed by atoms with Crippen molar-refractivity contribution in [3.63, 3.8) is 0 Å². The Morgan fingerprint density at radius 2 is 2.19 bits per heavy atom. The first-order valence-electron chi connectivity index (χ1n) is 6.95. The van der Waals surface area contributed by atoms with Gasteiger partial charge < -0.3 is 10.0 Å². The van der Waals surface area contributed by atoms with Crippen molar-refractivity contribution in [3.05, 3.63) is 33.9 Å². The molecule has 1 aliphatic heterocycles. The summed E-state index contributed by atoms with van der Waals surface area (Å²) >= 11 is 0. The minimum Gasteiger partial charge on any atom is -0.478 e. The number of anilines is 1. The second-order valence-electron chi connectivity index (χ2n) is 5.16. The topological polar surface area (TPSA) is 86.9 Å². The summed E-state index contributed by atoms with van der Waals surface area (Å²) in [6.45, 7) is 6.97. The van der Waals surface area contributed by atoms with Crippen LogP contribution in [-0.4, -0.2) is 53.1 Å². The fraction of sp³-hybridized carbons (Fsp3) is 0.500. The number of hydrogen-bond acceptors (Lipinski definition) is 5. The molecule has 1 N–H and O–H groups in total. The van der Waals surface area contributed by atoms with Crippen molar-refractivity contribution in [3.8, 4) is 0 Å². The predicted molar refractivity (Wildman–Crippen MR) is 79.0 cm³/mol. The lowest BCUT2D eigenvalue weighted by molar-refractivity contribution is -0.384. The van der Waals surface area contributed by atoms with Crippen molar-refractivity contribution < 1.29 is 14.8 Å². The van der Waals surface area contributed by atoms with Gasteiger partial charge in [-0.3, -0.25) is 15.0 Å². The molecule has 7 heteroatoms. The first kappa shape index (κ1) is 15.2. The molecule has 0 spiro atoms. The van der Waals surface area contributed by atoms with Crippen LogP contribution in [0.3, 0.4) is 0 Å². The predicted octanol–water partition coefficient (Wildman–Crippen LogP) is 1.82.